The molecule has 3 heteroatoms. The molecule has 0 atom stereocenters. The molecule has 0 bridgehead atoms. The maximum absolute atomic E-state index is 6.15. The molecule has 3 heterocycles. The molecule has 0 amide bonds. The van der Waals surface area contributed by atoms with Crippen molar-refractivity contribution in [2.24, 2.45) is 7.05 Å². The van der Waals surface area contributed by atoms with Crippen LogP contribution in [0.15, 0.2) is 53.1 Å². The number of furan rings is 1. The van der Waals surface area contributed by atoms with Crippen LogP contribution in [-0.4, -0.2) is 4.98 Å². The molecule has 0 aliphatic rings. The van der Waals surface area contributed by atoms with E-state index in [2.05, 4.69) is 73.0 Å². The molecule has 4 aromatic rings. The van der Waals surface area contributed by atoms with Crippen LogP contribution in [-0.2, 0) is 7.05 Å². The number of aryl methyl sites for hydroxylation is 2. The molecule has 0 fully saturated rings. The van der Waals surface area contributed by atoms with Crippen molar-refractivity contribution in [2.45, 2.75) is 26.7 Å². The first-order chi connectivity index (χ1) is 11.5. The number of pyridine rings is 2. The largest absolute Gasteiger partial charge is 0.437 e. The Hall–Kier alpha value is -2.68. The third-order valence-corrected chi connectivity index (χ3v) is 4.62. The van der Waals surface area contributed by atoms with E-state index >= 15 is 0 Å². The lowest BCUT2D eigenvalue weighted by molar-refractivity contribution is -0.660. The van der Waals surface area contributed by atoms with Crippen molar-refractivity contribution in [3.63, 3.8) is 0 Å². The summed E-state index contributed by atoms with van der Waals surface area (Å²) < 4.78 is 8.30. The van der Waals surface area contributed by atoms with Crippen LogP contribution in [0.2, 0.25) is 0 Å². The summed E-state index contributed by atoms with van der Waals surface area (Å²) in [6.45, 7) is 6.42. The number of nitrogens with zero attached hydrogens (tertiary/aromatic N) is 2. The third kappa shape index (κ3) is 2.28. The molecule has 3 nitrogen and oxygen atoms in total. The Balaban J connectivity index is 2.04. The number of aromatic nitrogens is 2. The molecular weight excluding hydrogens is 296 g/mol. The first kappa shape index (κ1) is 14.9. The van der Waals surface area contributed by atoms with E-state index in [9.17, 15) is 0 Å². The van der Waals surface area contributed by atoms with Crippen LogP contribution in [0.3, 0.4) is 0 Å². The van der Waals surface area contributed by atoms with Crippen LogP contribution in [0.25, 0.3) is 33.3 Å². The van der Waals surface area contributed by atoms with Gasteiger partial charge in [0.1, 0.15) is 7.05 Å². The Morgan fingerprint density at radius 2 is 1.88 bits per heavy atom. The van der Waals surface area contributed by atoms with Gasteiger partial charge in [-0.25, -0.2) is 9.55 Å². The molecule has 0 radical (unpaired) electrons. The minimum atomic E-state index is 0.490. The zero-order valence-corrected chi connectivity index (χ0v) is 14.5. The first-order valence-electron chi connectivity index (χ1n) is 8.33. The van der Waals surface area contributed by atoms with Crippen LogP contribution >= 0.6 is 0 Å². The van der Waals surface area contributed by atoms with E-state index in [1.54, 1.807) is 0 Å². The molecular formula is C21H21N2O+. The molecule has 0 saturated carbocycles. The number of hydrogen-bond acceptors (Lipinski definition) is 2. The van der Waals surface area contributed by atoms with E-state index in [1.165, 1.54) is 5.56 Å². The summed E-state index contributed by atoms with van der Waals surface area (Å²) in [5.41, 5.74) is 6.17. The van der Waals surface area contributed by atoms with Gasteiger partial charge in [0.05, 0.1) is 5.56 Å². The highest BCUT2D eigenvalue weighted by molar-refractivity contribution is 6.08. The van der Waals surface area contributed by atoms with Crippen molar-refractivity contribution in [3.8, 4) is 11.3 Å². The molecule has 4 rings (SSSR count). The second-order valence-corrected chi connectivity index (χ2v) is 6.70. The molecule has 3 aromatic heterocycles. The van der Waals surface area contributed by atoms with Crippen LogP contribution in [0, 0.1) is 6.92 Å². The lowest BCUT2D eigenvalue weighted by Crippen LogP contribution is -2.30. The van der Waals surface area contributed by atoms with Crippen molar-refractivity contribution in [1.82, 2.24) is 4.98 Å². The standard InChI is InChI=1S/C21H21N2O/c1-13(2)15-10-11-23(4)19(12-15)18-7-5-6-16-17-9-8-14(3)22-21(17)24-20(16)18/h5-13H,1-4H3/q+1. The average Bonchev–Trinajstić information content (AvgIpc) is 2.92. The maximum atomic E-state index is 6.15. The monoisotopic (exact) mass is 317 g/mol. The number of rotatable bonds is 2. The third-order valence-electron chi connectivity index (χ3n) is 4.62. The van der Waals surface area contributed by atoms with Crippen LogP contribution in [0.1, 0.15) is 31.0 Å². The van der Waals surface area contributed by atoms with E-state index in [0.717, 1.165) is 33.3 Å². The van der Waals surface area contributed by atoms with E-state index < -0.39 is 0 Å². The predicted octanol–water partition coefficient (Wildman–Crippen LogP) is 4.90. The van der Waals surface area contributed by atoms with Crippen molar-refractivity contribution in [1.29, 1.82) is 0 Å². The molecule has 120 valence electrons. The molecule has 0 N–H and O–H groups in total. The van der Waals surface area contributed by atoms with Gasteiger partial charge in [0, 0.05) is 28.6 Å². The molecule has 24 heavy (non-hydrogen) atoms. The molecule has 0 aliphatic heterocycles. The summed E-state index contributed by atoms with van der Waals surface area (Å²) in [5, 5.41) is 2.19. The zero-order valence-electron chi connectivity index (χ0n) is 14.5. The van der Waals surface area contributed by atoms with Gasteiger partial charge in [0.2, 0.25) is 11.4 Å². The van der Waals surface area contributed by atoms with Crippen molar-refractivity contribution in [2.75, 3.05) is 0 Å². The van der Waals surface area contributed by atoms with Gasteiger partial charge in [-0.2, -0.15) is 0 Å². The normalized spacial score (nSPS) is 11.7. The SMILES string of the molecule is Cc1ccc2c(n1)oc1c(-c3cc(C(C)C)cc[n+]3C)cccc12. The van der Waals surface area contributed by atoms with Gasteiger partial charge < -0.3 is 4.42 Å². The number of benzene rings is 1. The Morgan fingerprint density at radius 1 is 1.04 bits per heavy atom. The van der Waals surface area contributed by atoms with E-state index in [4.69, 9.17) is 4.42 Å². The fourth-order valence-electron chi connectivity index (χ4n) is 3.19. The summed E-state index contributed by atoms with van der Waals surface area (Å²) in [6, 6.07) is 14.9. The van der Waals surface area contributed by atoms with Gasteiger partial charge in [-0.05, 0) is 36.6 Å². The second-order valence-electron chi connectivity index (χ2n) is 6.70. The predicted molar refractivity (Wildman–Crippen MR) is 97.0 cm³/mol. The minimum absolute atomic E-state index is 0.490. The molecule has 1 aromatic carbocycles. The highest BCUT2D eigenvalue weighted by atomic mass is 16.3. The van der Waals surface area contributed by atoms with Gasteiger partial charge >= 0.3 is 0 Å². The first-order valence-corrected chi connectivity index (χ1v) is 8.33. The summed E-state index contributed by atoms with van der Waals surface area (Å²) in [7, 11) is 2.07. The zero-order chi connectivity index (χ0) is 16.8. The molecule has 0 spiro atoms. The van der Waals surface area contributed by atoms with Crippen molar-refractivity contribution < 1.29 is 8.98 Å². The summed E-state index contributed by atoms with van der Waals surface area (Å²) >= 11 is 0. The van der Waals surface area contributed by atoms with Crippen molar-refractivity contribution >= 4 is 22.1 Å². The fourth-order valence-corrected chi connectivity index (χ4v) is 3.19. The summed E-state index contributed by atoms with van der Waals surface area (Å²) in [4.78, 5) is 4.54. The Morgan fingerprint density at radius 3 is 2.67 bits per heavy atom. The Kier molecular flexibility index (Phi) is 3.38. The number of para-hydroxylation sites is 1. The number of fused-ring (bicyclic) bond motifs is 3. The van der Waals surface area contributed by atoms with Gasteiger partial charge in [0.25, 0.3) is 0 Å². The van der Waals surface area contributed by atoms with Gasteiger partial charge in [-0.15, -0.1) is 0 Å². The number of hydrogen-bond donors (Lipinski definition) is 0. The van der Waals surface area contributed by atoms with Gasteiger partial charge in [0.15, 0.2) is 11.8 Å². The van der Waals surface area contributed by atoms with E-state index in [1.807, 2.05) is 13.0 Å². The second kappa shape index (κ2) is 5.45. The van der Waals surface area contributed by atoms with Crippen molar-refractivity contribution in [3.05, 3.63) is 59.9 Å². The van der Waals surface area contributed by atoms with Crippen LogP contribution < -0.4 is 4.57 Å². The smallest absolute Gasteiger partial charge is 0.227 e. The summed E-state index contributed by atoms with van der Waals surface area (Å²) in [5.74, 6) is 0.490. The van der Waals surface area contributed by atoms with E-state index in [0.29, 0.717) is 11.6 Å². The maximum Gasteiger partial charge on any atom is 0.227 e. The Bertz CT molecular complexity index is 1060. The van der Waals surface area contributed by atoms with Gasteiger partial charge in [-0.3, -0.25) is 0 Å². The van der Waals surface area contributed by atoms with Crippen LogP contribution in [0.5, 0.6) is 0 Å². The molecule has 0 saturated heterocycles. The highest BCUT2D eigenvalue weighted by Crippen LogP contribution is 2.34. The fraction of sp³-hybridized carbons (Fsp3) is 0.238. The minimum Gasteiger partial charge on any atom is -0.437 e. The lowest BCUT2D eigenvalue weighted by Gasteiger charge is -2.07. The topological polar surface area (TPSA) is 29.9 Å². The lowest BCUT2D eigenvalue weighted by atomic mass is 10.00. The average molecular weight is 317 g/mol. The quantitative estimate of drug-likeness (QED) is 0.492. The Labute approximate surface area is 141 Å². The molecule has 0 unspecified atom stereocenters. The molecule has 0 aliphatic carbocycles. The van der Waals surface area contributed by atoms with E-state index in [-0.39, 0.29) is 0 Å². The highest BCUT2D eigenvalue weighted by Gasteiger charge is 2.19. The summed E-state index contributed by atoms with van der Waals surface area (Å²) in [6.07, 6.45) is 2.12. The van der Waals surface area contributed by atoms with Gasteiger partial charge in [-0.1, -0.05) is 26.0 Å². The van der Waals surface area contributed by atoms with Crippen LogP contribution in [0.4, 0.5) is 0 Å².